The summed E-state index contributed by atoms with van der Waals surface area (Å²) in [6, 6.07) is 0. The minimum Gasteiger partial charge on any atom is -0.354 e. The maximum Gasteiger partial charge on any atom is 0.271 e. The second-order valence-electron chi connectivity index (χ2n) is 2.11. The molecular formula is C8H9N3O. The molecule has 1 heterocycles. The lowest BCUT2D eigenvalue weighted by molar-refractivity contribution is 0.0958. The van der Waals surface area contributed by atoms with Gasteiger partial charge in [-0.05, 0) is 6.08 Å². The highest BCUT2D eigenvalue weighted by atomic mass is 16.1. The lowest BCUT2D eigenvalue weighted by Gasteiger charge is -1.97. The van der Waals surface area contributed by atoms with Gasteiger partial charge in [-0.15, -0.1) is 0 Å². The summed E-state index contributed by atoms with van der Waals surface area (Å²) >= 11 is 0. The zero-order valence-electron chi connectivity index (χ0n) is 6.74. The van der Waals surface area contributed by atoms with Crippen molar-refractivity contribution < 1.29 is 4.79 Å². The van der Waals surface area contributed by atoms with Crippen molar-refractivity contribution in [1.82, 2.24) is 15.3 Å². The van der Waals surface area contributed by atoms with Gasteiger partial charge in [-0.2, -0.15) is 0 Å². The minimum atomic E-state index is -0.238. The van der Waals surface area contributed by atoms with Crippen molar-refractivity contribution in [3.8, 4) is 0 Å². The number of amides is 1. The van der Waals surface area contributed by atoms with Gasteiger partial charge in [0.1, 0.15) is 5.69 Å². The minimum absolute atomic E-state index is 0.238. The van der Waals surface area contributed by atoms with Crippen molar-refractivity contribution in [3.05, 3.63) is 30.4 Å². The first-order valence-corrected chi connectivity index (χ1v) is 3.44. The van der Waals surface area contributed by atoms with Crippen LogP contribution in [0.4, 0.5) is 0 Å². The first-order valence-electron chi connectivity index (χ1n) is 3.44. The van der Waals surface area contributed by atoms with Crippen LogP contribution >= 0.6 is 0 Å². The molecule has 1 aromatic heterocycles. The summed E-state index contributed by atoms with van der Waals surface area (Å²) < 4.78 is 0. The molecule has 4 heteroatoms. The second kappa shape index (κ2) is 3.61. The summed E-state index contributed by atoms with van der Waals surface area (Å²) in [5, 5.41) is 2.45. The van der Waals surface area contributed by atoms with Crippen molar-refractivity contribution in [3.63, 3.8) is 0 Å². The van der Waals surface area contributed by atoms with Gasteiger partial charge >= 0.3 is 0 Å². The van der Waals surface area contributed by atoms with Gasteiger partial charge in [0.25, 0.3) is 5.91 Å². The zero-order chi connectivity index (χ0) is 8.97. The number of carbonyl (C=O) groups is 1. The van der Waals surface area contributed by atoms with Gasteiger partial charge in [-0.1, -0.05) is 6.58 Å². The Balaban J connectivity index is 2.91. The van der Waals surface area contributed by atoms with E-state index in [4.69, 9.17) is 0 Å². The van der Waals surface area contributed by atoms with E-state index in [9.17, 15) is 4.79 Å². The van der Waals surface area contributed by atoms with Crippen LogP contribution in [-0.2, 0) is 0 Å². The number of carbonyl (C=O) groups excluding carboxylic acids is 1. The molecule has 0 fully saturated rings. The molecule has 0 aliphatic heterocycles. The van der Waals surface area contributed by atoms with Crippen molar-refractivity contribution in [2.45, 2.75) is 0 Å². The zero-order valence-corrected chi connectivity index (χ0v) is 6.74. The van der Waals surface area contributed by atoms with Crippen molar-refractivity contribution in [2.75, 3.05) is 7.05 Å². The Morgan fingerprint density at radius 3 is 2.75 bits per heavy atom. The molecule has 0 radical (unpaired) electrons. The molecule has 0 saturated carbocycles. The van der Waals surface area contributed by atoms with Crippen LogP contribution in [0.25, 0.3) is 6.08 Å². The predicted octanol–water partition coefficient (Wildman–Crippen LogP) is 0.479. The third-order valence-corrected chi connectivity index (χ3v) is 1.34. The lowest BCUT2D eigenvalue weighted by atomic mass is 10.4. The maximum absolute atomic E-state index is 11.0. The molecule has 0 atom stereocenters. The van der Waals surface area contributed by atoms with Gasteiger partial charge in [-0.25, -0.2) is 4.98 Å². The van der Waals surface area contributed by atoms with E-state index in [1.807, 2.05) is 0 Å². The Hall–Kier alpha value is -1.71. The Kier molecular flexibility index (Phi) is 2.53. The molecule has 4 nitrogen and oxygen atoms in total. The van der Waals surface area contributed by atoms with Crippen LogP contribution in [-0.4, -0.2) is 22.9 Å². The molecule has 0 unspecified atom stereocenters. The van der Waals surface area contributed by atoms with Gasteiger partial charge < -0.3 is 5.32 Å². The fourth-order valence-electron chi connectivity index (χ4n) is 0.689. The van der Waals surface area contributed by atoms with Crippen LogP contribution in [0.1, 0.15) is 16.2 Å². The molecule has 0 aliphatic rings. The van der Waals surface area contributed by atoms with E-state index in [0.29, 0.717) is 11.4 Å². The summed E-state index contributed by atoms with van der Waals surface area (Å²) in [5.41, 5.74) is 0.964. The molecular weight excluding hydrogens is 154 g/mol. The maximum atomic E-state index is 11.0. The van der Waals surface area contributed by atoms with Crippen LogP contribution in [0.3, 0.4) is 0 Å². The number of rotatable bonds is 2. The number of nitrogens with one attached hydrogen (secondary N) is 1. The fraction of sp³-hybridized carbons (Fsp3) is 0.125. The van der Waals surface area contributed by atoms with Gasteiger partial charge in [0.2, 0.25) is 0 Å². The topological polar surface area (TPSA) is 54.9 Å². The van der Waals surface area contributed by atoms with E-state index in [1.165, 1.54) is 12.4 Å². The molecule has 1 N–H and O–H groups in total. The molecule has 0 aromatic carbocycles. The fourth-order valence-corrected chi connectivity index (χ4v) is 0.689. The molecule has 1 rings (SSSR count). The summed E-state index contributed by atoms with van der Waals surface area (Å²) in [4.78, 5) is 18.8. The number of hydrogen-bond donors (Lipinski definition) is 1. The van der Waals surface area contributed by atoms with E-state index in [2.05, 4.69) is 21.9 Å². The quantitative estimate of drug-likeness (QED) is 0.689. The van der Waals surface area contributed by atoms with Gasteiger partial charge in [0, 0.05) is 7.05 Å². The largest absolute Gasteiger partial charge is 0.354 e. The Bertz CT molecular complexity index is 292. The monoisotopic (exact) mass is 163 g/mol. The predicted molar refractivity (Wildman–Crippen MR) is 45.5 cm³/mol. The highest BCUT2D eigenvalue weighted by Crippen LogP contribution is 1.95. The summed E-state index contributed by atoms with van der Waals surface area (Å²) in [7, 11) is 1.55. The summed E-state index contributed by atoms with van der Waals surface area (Å²) in [5.74, 6) is -0.238. The highest BCUT2D eigenvalue weighted by molar-refractivity contribution is 5.91. The second-order valence-corrected chi connectivity index (χ2v) is 2.11. The SMILES string of the molecule is C=Cc1cnc(C(=O)NC)cn1. The third-order valence-electron chi connectivity index (χ3n) is 1.34. The van der Waals surface area contributed by atoms with E-state index in [-0.39, 0.29) is 5.91 Å². The van der Waals surface area contributed by atoms with Crippen LogP contribution in [0.2, 0.25) is 0 Å². The molecule has 0 spiro atoms. The molecule has 12 heavy (non-hydrogen) atoms. The van der Waals surface area contributed by atoms with Crippen molar-refractivity contribution in [1.29, 1.82) is 0 Å². The first-order chi connectivity index (χ1) is 5.77. The number of hydrogen-bond acceptors (Lipinski definition) is 3. The van der Waals surface area contributed by atoms with Crippen LogP contribution < -0.4 is 5.32 Å². The van der Waals surface area contributed by atoms with E-state index in [0.717, 1.165) is 0 Å². The third kappa shape index (κ3) is 1.66. The number of aromatic nitrogens is 2. The number of nitrogens with zero attached hydrogens (tertiary/aromatic N) is 2. The average Bonchev–Trinajstić information content (AvgIpc) is 2.17. The van der Waals surface area contributed by atoms with Crippen molar-refractivity contribution in [2.24, 2.45) is 0 Å². The first kappa shape index (κ1) is 8.39. The van der Waals surface area contributed by atoms with Gasteiger partial charge in [0.05, 0.1) is 18.1 Å². The Morgan fingerprint density at radius 1 is 1.58 bits per heavy atom. The van der Waals surface area contributed by atoms with E-state index < -0.39 is 0 Å². The Morgan fingerprint density at radius 2 is 2.33 bits per heavy atom. The smallest absolute Gasteiger partial charge is 0.271 e. The summed E-state index contributed by atoms with van der Waals surface area (Å²) in [6.07, 6.45) is 4.48. The average molecular weight is 163 g/mol. The van der Waals surface area contributed by atoms with Crippen LogP contribution in [0.5, 0.6) is 0 Å². The molecule has 0 aliphatic carbocycles. The van der Waals surface area contributed by atoms with Crippen LogP contribution in [0.15, 0.2) is 19.0 Å². The molecule has 0 bridgehead atoms. The van der Waals surface area contributed by atoms with Crippen LogP contribution in [0, 0.1) is 0 Å². The standard InChI is InChI=1S/C8H9N3O/c1-3-6-4-11-7(5-10-6)8(12)9-2/h3-5H,1H2,2H3,(H,9,12). The van der Waals surface area contributed by atoms with Gasteiger partial charge in [0.15, 0.2) is 0 Å². The highest BCUT2D eigenvalue weighted by Gasteiger charge is 2.03. The molecule has 0 saturated heterocycles. The van der Waals surface area contributed by atoms with Gasteiger partial charge in [-0.3, -0.25) is 9.78 Å². The Labute approximate surface area is 70.4 Å². The lowest BCUT2D eigenvalue weighted by Crippen LogP contribution is -2.19. The van der Waals surface area contributed by atoms with Crippen molar-refractivity contribution >= 4 is 12.0 Å². The normalized spacial score (nSPS) is 9.08. The molecule has 1 amide bonds. The molecule has 1 aromatic rings. The summed E-state index contributed by atoms with van der Waals surface area (Å²) in [6.45, 7) is 3.52. The van der Waals surface area contributed by atoms with E-state index >= 15 is 0 Å². The molecule has 62 valence electrons. The van der Waals surface area contributed by atoms with E-state index in [1.54, 1.807) is 13.1 Å².